The van der Waals surface area contributed by atoms with Crippen molar-refractivity contribution in [2.75, 3.05) is 26.2 Å². The van der Waals surface area contributed by atoms with Crippen molar-refractivity contribution in [3.05, 3.63) is 0 Å². The van der Waals surface area contributed by atoms with Gasteiger partial charge in [0.25, 0.3) is 0 Å². The third-order valence-corrected chi connectivity index (χ3v) is 1.94. The van der Waals surface area contributed by atoms with Gasteiger partial charge in [0, 0.05) is 26.2 Å². The molecule has 4 heteroatoms. The van der Waals surface area contributed by atoms with E-state index < -0.39 is 5.72 Å². The van der Waals surface area contributed by atoms with Gasteiger partial charge in [-0.25, -0.2) is 0 Å². The molecule has 0 saturated carbocycles. The number of hydrogen-bond donors (Lipinski definition) is 2. The summed E-state index contributed by atoms with van der Waals surface area (Å²) in [5, 5.41) is 21.2. The number of nitrogens with zero attached hydrogens (tertiary/aromatic N) is 2. The minimum atomic E-state index is -1.29. The SMILES string of the molecule is CC(O)(C#N)N1CCNCC1. The number of piperazine rings is 1. The lowest BCUT2D eigenvalue weighted by molar-refractivity contribution is -0.0515. The Labute approximate surface area is 66.4 Å². The van der Waals surface area contributed by atoms with Crippen molar-refractivity contribution in [1.29, 1.82) is 5.26 Å². The Morgan fingerprint density at radius 2 is 2.09 bits per heavy atom. The second-order valence-corrected chi connectivity index (χ2v) is 2.87. The van der Waals surface area contributed by atoms with Gasteiger partial charge >= 0.3 is 0 Å². The molecule has 0 spiro atoms. The Hall–Kier alpha value is -0.630. The van der Waals surface area contributed by atoms with Crippen molar-refractivity contribution in [3.8, 4) is 6.07 Å². The molecule has 1 aliphatic rings. The van der Waals surface area contributed by atoms with Crippen LogP contribution in [0.1, 0.15) is 6.92 Å². The normalized spacial score (nSPS) is 25.5. The van der Waals surface area contributed by atoms with Crippen molar-refractivity contribution in [3.63, 3.8) is 0 Å². The molecule has 1 unspecified atom stereocenters. The van der Waals surface area contributed by atoms with E-state index in [1.54, 1.807) is 4.90 Å². The summed E-state index contributed by atoms with van der Waals surface area (Å²) in [4.78, 5) is 1.77. The Morgan fingerprint density at radius 3 is 2.55 bits per heavy atom. The van der Waals surface area contributed by atoms with Crippen molar-refractivity contribution in [2.24, 2.45) is 0 Å². The van der Waals surface area contributed by atoms with E-state index in [1.165, 1.54) is 6.92 Å². The Morgan fingerprint density at radius 1 is 1.55 bits per heavy atom. The van der Waals surface area contributed by atoms with E-state index in [9.17, 15) is 5.11 Å². The topological polar surface area (TPSA) is 59.3 Å². The molecule has 0 aromatic heterocycles. The molecule has 0 aliphatic carbocycles. The third-order valence-electron chi connectivity index (χ3n) is 1.94. The molecule has 0 aromatic carbocycles. The number of aliphatic hydroxyl groups is 1. The lowest BCUT2D eigenvalue weighted by atomic mass is 10.2. The molecule has 0 amide bonds. The van der Waals surface area contributed by atoms with Crippen LogP contribution in [0, 0.1) is 11.3 Å². The van der Waals surface area contributed by atoms with Crippen LogP contribution in [-0.4, -0.2) is 41.9 Å². The highest BCUT2D eigenvalue weighted by atomic mass is 16.3. The van der Waals surface area contributed by atoms with Gasteiger partial charge in [0.1, 0.15) is 6.07 Å². The molecule has 0 aromatic rings. The Kier molecular flexibility index (Phi) is 2.45. The molecule has 1 fully saturated rings. The van der Waals surface area contributed by atoms with Gasteiger partial charge in [0.05, 0.1) is 0 Å². The largest absolute Gasteiger partial charge is 0.364 e. The summed E-state index contributed by atoms with van der Waals surface area (Å²) in [6.45, 7) is 4.69. The summed E-state index contributed by atoms with van der Waals surface area (Å²) in [6.07, 6.45) is 0. The van der Waals surface area contributed by atoms with Crippen LogP contribution in [0.4, 0.5) is 0 Å². The van der Waals surface area contributed by atoms with E-state index in [4.69, 9.17) is 5.26 Å². The average molecular weight is 155 g/mol. The second kappa shape index (κ2) is 3.18. The van der Waals surface area contributed by atoms with E-state index >= 15 is 0 Å². The molecule has 4 nitrogen and oxygen atoms in total. The first kappa shape index (κ1) is 8.47. The predicted octanol–water partition coefficient (Wildman–Crippen LogP) is -0.876. The standard InChI is InChI=1S/C7H13N3O/c1-7(11,6-8)10-4-2-9-3-5-10/h9,11H,2-5H2,1H3. The third kappa shape index (κ3) is 1.90. The first-order valence-corrected chi connectivity index (χ1v) is 3.76. The highest BCUT2D eigenvalue weighted by Gasteiger charge is 2.29. The fourth-order valence-electron chi connectivity index (χ4n) is 1.17. The van der Waals surface area contributed by atoms with Gasteiger partial charge in [-0.05, 0) is 6.92 Å². The van der Waals surface area contributed by atoms with Gasteiger partial charge in [0.15, 0.2) is 0 Å². The molecule has 2 N–H and O–H groups in total. The van der Waals surface area contributed by atoms with Crippen LogP contribution >= 0.6 is 0 Å². The van der Waals surface area contributed by atoms with Crippen molar-refractivity contribution in [2.45, 2.75) is 12.6 Å². The van der Waals surface area contributed by atoms with Crippen LogP contribution in [0.5, 0.6) is 0 Å². The zero-order valence-electron chi connectivity index (χ0n) is 6.67. The molecule has 0 radical (unpaired) electrons. The molecule has 62 valence electrons. The quantitative estimate of drug-likeness (QED) is 0.483. The first-order chi connectivity index (χ1) is 5.17. The summed E-state index contributed by atoms with van der Waals surface area (Å²) >= 11 is 0. The average Bonchev–Trinajstić information content (AvgIpc) is 2.06. The molecule has 0 bridgehead atoms. The van der Waals surface area contributed by atoms with Gasteiger partial charge in [-0.1, -0.05) is 0 Å². The maximum absolute atomic E-state index is 9.48. The van der Waals surface area contributed by atoms with Crippen LogP contribution in [-0.2, 0) is 0 Å². The van der Waals surface area contributed by atoms with Crippen LogP contribution < -0.4 is 5.32 Å². The van der Waals surface area contributed by atoms with E-state index in [1.807, 2.05) is 6.07 Å². The van der Waals surface area contributed by atoms with Crippen molar-refractivity contribution < 1.29 is 5.11 Å². The van der Waals surface area contributed by atoms with Gasteiger partial charge in [-0.3, -0.25) is 4.90 Å². The van der Waals surface area contributed by atoms with Gasteiger partial charge in [-0.15, -0.1) is 0 Å². The van der Waals surface area contributed by atoms with E-state index in [0.717, 1.165) is 26.2 Å². The van der Waals surface area contributed by atoms with Crippen LogP contribution in [0.3, 0.4) is 0 Å². The summed E-state index contributed by atoms with van der Waals surface area (Å²) in [5.74, 6) is 0. The lowest BCUT2D eigenvalue weighted by Gasteiger charge is -2.34. The number of rotatable bonds is 1. The van der Waals surface area contributed by atoms with E-state index in [2.05, 4.69) is 5.32 Å². The van der Waals surface area contributed by atoms with Crippen molar-refractivity contribution >= 4 is 0 Å². The fraction of sp³-hybridized carbons (Fsp3) is 0.857. The number of nitrogens with one attached hydrogen (secondary N) is 1. The highest BCUT2D eigenvalue weighted by Crippen LogP contribution is 2.09. The molecule has 1 atom stereocenters. The van der Waals surface area contributed by atoms with E-state index in [0.29, 0.717) is 0 Å². The molecule has 1 heterocycles. The predicted molar refractivity (Wildman–Crippen MR) is 40.7 cm³/mol. The smallest absolute Gasteiger partial charge is 0.205 e. The van der Waals surface area contributed by atoms with Crippen LogP contribution in [0.2, 0.25) is 0 Å². The monoisotopic (exact) mass is 155 g/mol. The fourth-order valence-corrected chi connectivity index (χ4v) is 1.17. The van der Waals surface area contributed by atoms with E-state index in [-0.39, 0.29) is 0 Å². The minimum Gasteiger partial charge on any atom is -0.364 e. The zero-order chi connectivity index (χ0) is 8.32. The molecule has 1 aliphatic heterocycles. The summed E-state index contributed by atoms with van der Waals surface area (Å²) in [6, 6.07) is 1.86. The summed E-state index contributed by atoms with van der Waals surface area (Å²) in [7, 11) is 0. The van der Waals surface area contributed by atoms with Gasteiger partial charge < -0.3 is 10.4 Å². The number of nitriles is 1. The minimum absolute atomic E-state index is 0.737. The van der Waals surface area contributed by atoms with Crippen molar-refractivity contribution in [1.82, 2.24) is 10.2 Å². The maximum atomic E-state index is 9.48. The molecular formula is C7H13N3O. The highest BCUT2D eigenvalue weighted by molar-refractivity contribution is 4.97. The molecule has 11 heavy (non-hydrogen) atoms. The number of hydrogen-bond acceptors (Lipinski definition) is 4. The summed E-state index contributed by atoms with van der Waals surface area (Å²) in [5.41, 5.74) is -1.29. The van der Waals surface area contributed by atoms with Gasteiger partial charge in [-0.2, -0.15) is 5.26 Å². The lowest BCUT2D eigenvalue weighted by Crippen LogP contribution is -2.54. The molecular weight excluding hydrogens is 142 g/mol. The zero-order valence-corrected chi connectivity index (χ0v) is 6.67. The molecule has 1 saturated heterocycles. The maximum Gasteiger partial charge on any atom is 0.205 e. The van der Waals surface area contributed by atoms with Crippen LogP contribution in [0.25, 0.3) is 0 Å². The Balaban J connectivity index is 2.52. The Bertz CT molecular complexity index is 167. The summed E-state index contributed by atoms with van der Waals surface area (Å²) < 4.78 is 0. The second-order valence-electron chi connectivity index (χ2n) is 2.87. The molecule has 1 rings (SSSR count). The first-order valence-electron chi connectivity index (χ1n) is 3.76. The van der Waals surface area contributed by atoms with Gasteiger partial charge in [0.2, 0.25) is 5.72 Å². The van der Waals surface area contributed by atoms with Crippen LogP contribution in [0.15, 0.2) is 0 Å².